The lowest BCUT2D eigenvalue weighted by Gasteiger charge is -2.15. The molecule has 1 fully saturated rings. The number of amides is 1. The lowest BCUT2D eigenvalue weighted by atomic mass is 10.2. The highest BCUT2D eigenvalue weighted by Crippen LogP contribution is 2.17. The largest absolute Gasteiger partial charge is 0.378 e. The maximum Gasteiger partial charge on any atom is 0.258 e. The third-order valence-electron chi connectivity index (χ3n) is 4.42. The first kappa shape index (κ1) is 20.4. The van der Waals surface area contributed by atoms with Crippen LogP contribution in [-0.2, 0) is 4.74 Å². The molecule has 28 heavy (non-hydrogen) atoms. The molecular weight excluding hydrogens is 420 g/mol. The standard InChI is InChI=1S/C21H25BrN4O2/c1-26(2)18-9-3-6-15(12-18)20(27)25-21(23-14-19-10-5-11-28-19)24-17-8-4-7-16(22)13-17/h3-4,6-9,12-13,19H,5,10-11,14H2,1-2H3,(H2,23,24,25,27). The smallest absolute Gasteiger partial charge is 0.258 e. The third kappa shape index (κ3) is 5.81. The second kappa shape index (κ2) is 9.71. The molecule has 7 heteroatoms. The van der Waals surface area contributed by atoms with Crippen molar-refractivity contribution >= 4 is 39.2 Å². The summed E-state index contributed by atoms with van der Waals surface area (Å²) < 4.78 is 6.59. The number of benzene rings is 2. The van der Waals surface area contributed by atoms with Crippen LogP contribution < -0.4 is 15.5 Å². The van der Waals surface area contributed by atoms with Crippen molar-refractivity contribution in [2.45, 2.75) is 18.9 Å². The molecule has 2 N–H and O–H groups in total. The van der Waals surface area contributed by atoms with Crippen molar-refractivity contribution in [1.82, 2.24) is 5.32 Å². The Morgan fingerprint density at radius 1 is 1.25 bits per heavy atom. The maximum atomic E-state index is 12.8. The number of nitrogens with zero attached hydrogens (tertiary/aromatic N) is 2. The Labute approximate surface area is 174 Å². The minimum absolute atomic E-state index is 0.105. The molecule has 6 nitrogen and oxygen atoms in total. The summed E-state index contributed by atoms with van der Waals surface area (Å²) in [6, 6.07) is 15.2. The van der Waals surface area contributed by atoms with E-state index >= 15 is 0 Å². The van der Waals surface area contributed by atoms with Gasteiger partial charge >= 0.3 is 0 Å². The van der Waals surface area contributed by atoms with Gasteiger partial charge < -0.3 is 15.0 Å². The van der Waals surface area contributed by atoms with Crippen LogP contribution in [0.4, 0.5) is 11.4 Å². The molecule has 148 valence electrons. The van der Waals surface area contributed by atoms with Gasteiger partial charge in [0.2, 0.25) is 5.96 Å². The maximum absolute atomic E-state index is 12.8. The predicted molar refractivity (Wildman–Crippen MR) is 117 cm³/mol. The SMILES string of the molecule is CN(C)c1cccc(C(=O)NC(=NCC2CCCO2)Nc2cccc(Br)c2)c1. The van der Waals surface area contributed by atoms with Crippen LogP contribution in [-0.4, -0.2) is 45.2 Å². The fraction of sp³-hybridized carbons (Fsp3) is 0.333. The fourth-order valence-corrected chi connectivity index (χ4v) is 3.30. The Hall–Kier alpha value is -2.38. The van der Waals surface area contributed by atoms with E-state index in [1.807, 2.05) is 61.5 Å². The van der Waals surface area contributed by atoms with Crippen molar-refractivity contribution in [3.05, 3.63) is 58.6 Å². The molecule has 1 amide bonds. The molecule has 1 atom stereocenters. The predicted octanol–water partition coefficient (Wildman–Crippen LogP) is 3.89. The molecular formula is C21H25BrN4O2. The Kier molecular flexibility index (Phi) is 7.06. The van der Waals surface area contributed by atoms with Crippen molar-refractivity contribution in [3.63, 3.8) is 0 Å². The monoisotopic (exact) mass is 444 g/mol. The van der Waals surface area contributed by atoms with Gasteiger partial charge in [-0.1, -0.05) is 28.1 Å². The van der Waals surface area contributed by atoms with Gasteiger partial charge in [-0.2, -0.15) is 0 Å². The molecule has 1 unspecified atom stereocenters. The number of aliphatic imine (C=N–C) groups is 1. The number of hydrogen-bond donors (Lipinski definition) is 2. The molecule has 1 aliphatic heterocycles. The van der Waals surface area contributed by atoms with E-state index in [1.165, 1.54) is 0 Å². The van der Waals surface area contributed by atoms with Gasteiger partial charge in [0.15, 0.2) is 0 Å². The van der Waals surface area contributed by atoms with Crippen LogP contribution in [0.15, 0.2) is 58.0 Å². The molecule has 1 heterocycles. The Morgan fingerprint density at radius 2 is 2.07 bits per heavy atom. The van der Waals surface area contributed by atoms with Crippen molar-refractivity contribution < 1.29 is 9.53 Å². The van der Waals surface area contributed by atoms with Crippen molar-refractivity contribution in [2.24, 2.45) is 4.99 Å². The first-order valence-electron chi connectivity index (χ1n) is 9.28. The second-order valence-corrected chi connectivity index (χ2v) is 7.77. The van der Waals surface area contributed by atoms with Gasteiger partial charge in [-0.25, -0.2) is 4.99 Å². The van der Waals surface area contributed by atoms with Gasteiger partial charge in [0.1, 0.15) is 0 Å². The number of guanidine groups is 1. The highest BCUT2D eigenvalue weighted by molar-refractivity contribution is 9.10. The highest BCUT2D eigenvalue weighted by Gasteiger charge is 2.16. The van der Waals surface area contributed by atoms with Crippen LogP contribution in [0, 0.1) is 0 Å². The molecule has 0 spiro atoms. The number of carbonyl (C=O) groups is 1. The van der Waals surface area contributed by atoms with E-state index in [2.05, 4.69) is 31.6 Å². The minimum atomic E-state index is -0.211. The van der Waals surface area contributed by atoms with Crippen LogP contribution in [0.3, 0.4) is 0 Å². The van der Waals surface area contributed by atoms with Crippen molar-refractivity contribution in [3.8, 4) is 0 Å². The van der Waals surface area contributed by atoms with E-state index < -0.39 is 0 Å². The van der Waals surface area contributed by atoms with Gasteiger partial charge in [-0.15, -0.1) is 0 Å². The van der Waals surface area contributed by atoms with Crippen LogP contribution in [0.25, 0.3) is 0 Å². The number of anilines is 2. The quantitative estimate of drug-likeness (QED) is 0.542. The van der Waals surface area contributed by atoms with Crippen molar-refractivity contribution in [1.29, 1.82) is 0 Å². The van der Waals surface area contributed by atoms with Crippen LogP contribution in [0.2, 0.25) is 0 Å². The van der Waals surface area contributed by atoms with E-state index in [4.69, 9.17) is 4.74 Å². The first-order valence-corrected chi connectivity index (χ1v) is 10.1. The number of hydrogen-bond acceptors (Lipinski definition) is 4. The van der Waals surface area contributed by atoms with E-state index in [0.29, 0.717) is 18.1 Å². The van der Waals surface area contributed by atoms with Gasteiger partial charge in [0, 0.05) is 42.1 Å². The normalized spacial score (nSPS) is 16.7. The number of halogens is 1. The van der Waals surface area contributed by atoms with Gasteiger partial charge in [-0.3, -0.25) is 10.1 Å². The zero-order valence-corrected chi connectivity index (χ0v) is 17.7. The zero-order chi connectivity index (χ0) is 19.9. The van der Waals surface area contributed by atoms with Gasteiger partial charge in [0.05, 0.1) is 12.6 Å². The summed E-state index contributed by atoms with van der Waals surface area (Å²) in [6.07, 6.45) is 2.15. The fourth-order valence-electron chi connectivity index (χ4n) is 2.90. The molecule has 3 rings (SSSR count). The molecule has 0 bridgehead atoms. The lowest BCUT2D eigenvalue weighted by Crippen LogP contribution is -2.36. The molecule has 1 saturated heterocycles. The van der Waals surface area contributed by atoms with E-state index in [9.17, 15) is 4.79 Å². The molecule has 2 aromatic rings. The van der Waals surface area contributed by atoms with E-state index in [-0.39, 0.29) is 12.0 Å². The van der Waals surface area contributed by atoms with Crippen LogP contribution >= 0.6 is 15.9 Å². The Morgan fingerprint density at radius 3 is 2.79 bits per heavy atom. The summed E-state index contributed by atoms with van der Waals surface area (Å²) in [5, 5.41) is 6.11. The first-order chi connectivity index (χ1) is 13.5. The average molecular weight is 445 g/mol. The van der Waals surface area contributed by atoms with Gasteiger partial charge in [-0.05, 0) is 49.2 Å². The van der Waals surface area contributed by atoms with Crippen molar-refractivity contribution in [2.75, 3.05) is 37.5 Å². The number of rotatable bonds is 5. The summed E-state index contributed by atoms with van der Waals surface area (Å²) in [6.45, 7) is 1.28. The summed E-state index contributed by atoms with van der Waals surface area (Å²) in [5.74, 6) is 0.200. The highest BCUT2D eigenvalue weighted by atomic mass is 79.9. The average Bonchev–Trinajstić information content (AvgIpc) is 3.20. The lowest BCUT2D eigenvalue weighted by molar-refractivity contribution is 0.0975. The number of ether oxygens (including phenoxy) is 1. The Bertz CT molecular complexity index is 848. The Balaban J connectivity index is 1.76. The second-order valence-electron chi connectivity index (χ2n) is 6.86. The summed E-state index contributed by atoms with van der Waals surface area (Å²) in [4.78, 5) is 19.3. The summed E-state index contributed by atoms with van der Waals surface area (Å²) in [5.41, 5.74) is 2.38. The minimum Gasteiger partial charge on any atom is -0.378 e. The van der Waals surface area contributed by atoms with E-state index in [1.54, 1.807) is 6.07 Å². The summed E-state index contributed by atoms with van der Waals surface area (Å²) in [7, 11) is 3.89. The molecule has 0 aromatic heterocycles. The molecule has 2 aromatic carbocycles. The molecule has 0 saturated carbocycles. The number of carbonyl (C=O) groups excluding carboxylic acids is 1. The topological polar surface area (TPSA) is 66.0 Å². The summed E-state index contributed by atoms with van der Waals surface area (Å²) >= 11 is 3.46. The van der Waals surface area contributed by atoms with Crippen LogP contribution in [0.5, 0.6) is 0 Å². The number of nitrogens with one attached hydrogen (secondary N) is 2. The van der Waals surface area contributed by atoms with Crippen LogP contribution in [0.1, 0.15) is 23.2 Å². The molecule has 0 aliphatic carbocycles. The van der Waals surface area contributed by atoms with Gasteiger partial charge in [0.25, 0.3) is 5.91 Å². The molecule has 0 radical (unpaired) electrons. The molecule has 1 aliphatic rings. The van der Waals surface area contributed by atoms with E-state index in [0.717, 1.165) is 35.3 Å². The zero-order valence-electron chi connectivity index (χ0n) is 16.1. The third-order valence-corrected chi connectivity index (χ3v) is 4.91.